The Bertz CT molecular complexity index is 1220. The van der Waals surface area contributed by atoms with Crippen LogP contribution in [-0.4, -0.2) is 6.61 Å². The van der Waals surface area contributed by atoms with Gasteiger partial charge >= 0.3 is 0 Å². The van der Waals surface area contributed by atoms with Gasteiger partial charge in [-0.25, -0.2) is 17.6 Å². The number of unbranched alkanes of at least 4 members (excludes halogenated alkanes) is 1. The lowest BCUT2D eigenvalue weighted by atomic mass is 9.90. The van der Waals surface area contributed by atoms with E-state index in [1.807, 2.05) is 19.9 Å². The number of hydrogen-bond acceptors (Lipinski definition) is 1. The van der Waals surface area contributed by atoms with Crippen molar-refractivity contribution in [2.45, 2.75) is 64.9 Å². The summed E-state index contributed by atoms with van der Waals surface area (Å²) < 4.78 is 65.4. The molecule has 1 nitrogen and oxygen atoms in total. The van der Waals surface area contributed by atoms with Gasteiger partial charge in [0, 0.05) is 16.7 Å². The Balaban J connectivity index is 1.49. The molecule has 0 spiro atoms. The van der Waals surface area contributed by atoms with E-state index in [0.717, 1.165) is 32.1 Å². The molecule has 1 saturated heterocycles. The quantitative estimate of drug-likeness (QED) is 0.206. The Morgan fingerprint density at radius 2 is 1.46 bits per heavy atom. The van der Waals surface area contributed by atoms with E-state index in [4.69, 9.17) is 4.74 Å². The van der Waals surface area contributed by atoms with Crippen molar-refractivity contribution in [2.24, 2.45) is 5.92 Å². The largest absolute Gasteiger partial charge is 0.373 e. The highest BCUT2D eigenvalue weighted by Gasteiger charge is 2.27. The molecule has 1 aliphatic rings. The zero-order chi connectivity index (χ0) is 26.4. The van der Waals surface area contributed by atoms with Gasteiger partial charge < -0.3 is 4.74 Å². The lowest BCUT2D eigenvalue weighted by molar-refractivity contribution is -0.0210. The van der Waals surface area contributed by atoms with Gasteiger partial charge in [0.2, 0.25) is 0 Å². The van der Waals surface area contributed by atoms with Gasteiger partial charge in [0.05, 0.1) is 12.7 Å². The van der Waals surface area contributed by atoms with Crippen molar-refractivity contribution >= 4 is 0 Å². The van der Waals surface area contributed by atoms with Gasteiger partial charge in [-0.05, 0) is 68.1 Å². The molecule has 0 aromatic heterocycles. The third-order valence-electron chi connectivity index (χ3n) is 7.28. The van der Waals surface area contributed by atoms with E-state index >= 15 is 8.78 Å². The zero-order valence-electron chi connectivity index (χ0n) is 21.5. The van der Waals surface area contributed by atoms with E-state index in [2.05, 4.69) is 6.08 Å². The average molecular weight is 511 g/mol. The first-order chi connectivity index (χ1) is 17.9. The fraction of sp³-hybridized carbons (Fsp3) is 0.375. The summed E-state index contributed by atoms with van der Waals surface area (Å²) in [6, 6.07) is 12.7. The zero-order valence-corrected chi connectivity index (χ0v) is 21.5. The molecule has 3 aromatic carbocycles. The average Bonchev–Trinajstić information content (AvgIpc) is 2.92. The molecule has 0 bridgehead atoms. The first-order valence-corrected chi connectivity index (χ1v) is 13.2. The fourth-order valence-electron chi connectivity index (χ4n) is 5.02. The second-order valence-electron chi connectivity index (χ2n) is 9.82. The lowest BCUT2D eigenvalue weighted by Crippen LogP contribution is -2.21. The summed E-state index contributed by atoms with van der Waals surface area (Å²) >= 11 is 0. The molecule has 1 aliphatic heterocycles. The van der Waals surface area contributed by atoms with E-state index in [-0.39, 0.29) is 16.7 Å². The second-order valence-corrected chi connectivity index (χ2v) is 9.82. The number of halogens is 4. The Morgan fingerprint density at radius 3 is 2.05 bits per heavy atom. The molecule has 0 N–H and O–H groups in total. The van der Waals surface area contributed by atoms with Gasteiger partial charge in [0.15, 0.2) is 23.3 Å². The van der Waals surface area contributed by atoms with Crippen LogP contribution in [0.5, 0.6) is 0 Å². The van der Waals surface area contributed by atoms with E-state index in [1.54, 1.807) is 48.5 Å². The highest BCUT2D eigenvalue weighted by atomic mass is 19.2. The van der Waals surface area contributed by atoms with Crippen LogP contribution in [0.2, 0.25) is 0 Å². The first-order valence-electron chi connectivity index (χ1n) is 13.2. The van der Waals surface area contributed by atoms with Gasteiger partial charge in [0.1, 0.15) is 0 Å². The Morgan fingerprint density at radius 1 is 0.811 bits per heavy atom. The van der Waals surface area contributed by atoms with Gasteiger partial charge in [-0.3, -0.25) is 0 Å². The van der Waals surface area contributed by atoms with Crippen molar-refractivity contribution in [3.63, 3.8) is 0 Å². The van der Waals surface area contributed by atoms with Crippen molar-refractivity contribution in [1.29, 1.82) is 0 Å². The molecule has 0 saturated carbocycles. The molecule has 0 amide bonds. The molecule has 1 fully saturated rings. The highest BCUT2D eigenvalue weighted by Crippen LogP contribution is 2.37. The maximum absolute atomic E-state index is 15.1. The van der Waals surface area contributed by atoms with Crippen LogP contribution in [0, 0.1) is 29.2 Å². The predicted molar refractivity (Wildman–Crippen MR) is 141 cm³/mol. The lowest BCUT2D eigenvalue weighted by Gasteiger charge is -2.29. The summed E-state index contributed by atoms with van der Waals surface area (Å²) in [5.41, 5.74) is 1.80. The minimum absolute atomic E-state index is 0.120. The van der Waals surface area contributed by atoms with Crippen molar-refractivity contribution in [3.05, 3.63) is 95.1 Å². The number of ether oxygens (including phenoxy) is 1. The molecular weight excluding hydrogens is 476 g/mol. The van der Waals surface area contributed by atoms with Crippen LogP contribution in [0.1, 0.15) is 69.6 Å². The number of benzene rings is 3. The van der Waals surface area contributed by atoms with Crippen LogP contribution >= 0.6 is 0 Å². The minimum Gasteiger partial charge on any atom is -0.373 e. The molecule has 1 heterocycles. The maximum Gasteiger partial charge on any atom is 0.167 e. The Hall–Kier alpha value is -2.92. The van der Waals surface area contributed by atoms with Crippen LogP contribution < -0.4 is 0 Å². The topological polar surface area (TPSA) is 9.23 Å². The van der Waals surface area contributed by atoms with E-state index < -0.39 is 29.4 Å². The number of allylic oxidation sites excluding steroid dienone is 2. The van der Waals surface area contributed by atoms with E-state index in [1.165, 1.54) is 0 Å². The second kappa shape index (κ2) is 12.6. The smallest absolute Gasteiger partial charge is 0.167 e. The van der Waals surface area contributed by atoms with E-state index in [9.17, 15) is 8.78 Å². The van der Waals surface area contributed by atoms with Crippen molar-refractivity contribution in [1.82, 2.24) is 0 Å². The Kier molecular flexibility index (Phi) is 9.20. The van der Waals surface area contributed by atoms with Crippen LogP contribution in [0.4, 0.5) is 17.6 Å². The van der Waals surface area contributed by atoms with Gasteiger partial charge in [-0.1, -0.05) is 74.0 Å². The molecule has 0 radical (unpaired) electrons. The minimum atomic E-state index is -0.929. The van der Waals surface area contributed by atoms with Crippen molar-refractivity contribution in [2.75, 3.05) is 6.61 Å². The monoisotopic (exact) mass is 510 g/mol. The third kappa shape index (κ3) is 6.15. The van der Waals surface area contributed by atoms with Crippen LogP contribution in [0.15, 0.2) is 60.7 Å². The summed E-state index contributed by atoms with van der Waals surface area (Å²) in [5, 5.41) is 0. The van der Waals surface area contributed by atoms with Gasteiger partial charge in [-0.2, -0.15) is 0 Å². The molecule has 3 aromatic rings. The SMILES string of the molecule is CC=CCCC1CCC(c2ccc(-c3ccc(-c4ccc(CCCC)c(F)c4F)cc3)c(F)c2F)OC1. The summed E-state index contributed by atoms with van der Waals surface area (Å²) in [6.07, 6.45) is 9.48. The number of rotatable bonds is 9. The molecule has 0 aliphatic carbocycles. The van der Waals surface area contributed by atoms with Crippen LogP contribution in [-0.2, 0) is 11.2 Å². The summed E-state index contributed by atoms with van der Waals surface area (Å²) in [6.45, 7) is 4.54. The normalized spacial score (nSPS) is 18.0. The summed E-state index contributed by atoms with van der Waals surface area (Å²) in [5.74, 6) is -3.10. The van der Waals surface area contributed by atoms with Crippen molar-refractivity contribution in [3.8, 4) is 22.3 Å². The molecule has 2 unspecified atom stereocenters. The van der Waals surface area contributed by atoms with Crippen LogP contribution in [0.3, 0.4) is 0 Å². The predicted octanol–water partition coefficient (Wildman–Crippen LogP) is 9.74. The summed E-state index contributed by atoms with van der Waals surface area (Å²) in [7, 11) is 0. The summed E-state index contributed by atoms with van der Waals surface area (Å²) in [4.78, 5) is 0. The van der Waals surface area contributed by atoms with Crippen molar-refractivity contribution < 1.29 is 22.3 Å². The van der Waals surface area contributed by atoms with Gasteiger partial charge in [-0.15, -0.1) is 0 Å². The molecule has 2 atom stereocenters. The number of hydrogen-bond donors (Lipinski definition) is 0. The highest BCUT2D eigenvalue weighted by molar-refractivity contribution is 5.71. The van der Waals surface area contributed by atoms with Gasteiger partial charge in [0.25, 0.3) is 0 Å². The number of aryl methyl sites for hydroxylation is 1. The molecule has 37 heavy (non-hydrogen) atoms. The standard InChI is InChI=1S/C32H34F4O/c1-3-5-7-8-21-10-19-28(37-20-21)27-18-17-26(31(35)32(27)36)23-13-11-22(12-14-23)25-16-15-24(9-6-4-2)29(33)30(25)34/h3,5,11-18,21,28H,4,6-10,19-20H2,1-2H3. The molecular formula is C32H34F4O. The van der Waals surface area contributed by atoms with Crippen LogP contribution in [0.25, 0.3) is 22.3 Å². The van der Waals surface area contributed by atoms with E-state index in [0.29, 0.717) is 42.1 Å². The first kappa shape index (κ1) is 27.1. The third-order valence-corrected chi connectivity index (χ3v) is 7.28. The fourth-order valence-corrected chi connectivity index (χ4v) is 5.02. The Labute approximate surface area is 217 Å². The molecule has 5 heteroatoms. The molecule has 196 valence electrons. The maximum atomic E-state index is 15.1. The molecule has 4 rings (SSSR count).